The summed E-state index contributed by atoms with van der Waals surface area (Å²) in [5.74, 6) is -1.15. The highest BCUT2D eigenvalue weighted by atomic mass is 35.5. The lowest BCUT2D eigenvalue weighted by atomic mass is 9.93. The summed E-state index contributed by atoms with van der Waals surface area (Å²) in [5.41, 5.74) is -1.31. The number of nitrogens with one attached hydrogen (secondary N) is 2. The van der Waals surface area contributed by atoms with E-state index in [0.717, 1.165) is 43.1 Å². The van der Waals surface area contributed by atoms with Crippen molar-refractivity contribution in [3.63, 3.8) is 0 Å². The number of nitrogens with zero attached hydrogens (tertiary/aromatic N) is 7. The van der Waals surface area contributed by atoms with Gasteiger partial charge in [0.15, 0.2) is 5.82 Å². The number of carbonyl (C=O) groups is 1. The van der Waals surface area contributed by atoms with Gasteiger partial charge in [-0.1, -0.05) is 17.7 Å². The van der Waals surface area contributed by atoms with Gasteiger partial charge in [0.05, 0.1) is 46.6 Å². The normalized spacial score (nSPS) is 17.0. The second-order valence-electron chi connectivity index (χ2n) is 12.0. The van der Waals surface area contributed by atoms with Crippen molar-refractivity contribution in [1.82, 2.24) is 35.0 Å². The highest BCUT2D eigenvalue weighted by molar-refractivity contribution is 6.31. The summed E-state index contributed by atoms with van der Waals surface area (Å²) in [7, 11) is 0. The molecule has 1 saturated heterocycles. The third-order valence-corrected chi connectivity index (χ3v) is 8.65. The van der Waals surface area contributed by atoms with Gasteiger partial charge in [0.25, 0.3) is 12.3 Å². The van der Waals surface area contributed by atoms with E-state index in [0.29, 0.717) is 11.6 Å². The predicted octanol–water partition coefficient (Wildman–Crippen LogP) is 5.44. The number of amides is 1. The van der Waals surface area contributed by atoms with Crippen LogP contribution in [0.5, 0.6) is 0 Å². The van der Waals surface area contributed by atoms with Gasteiger partial charge in [-0.15, -0.1) is 0 Å². The number of rotatable bonds is 11. The topological polar surface area (TPSA) is 134 Å². The van der Waals surface area contributed by atoms with Crippen molar-refractivity contribution in [2.75, 3.05) is 16.8 Å². The lowest BCUT2D eigenvalue weighted by Gasteiger charge is -2.46. The van der Waals surface area contributed by atoms with E-state index in [1.54, 1.807) is 37.1 Å². The molecule has 4 aromatic rings. The van der Waals surface area contributed by atoms with Crippen molar-refractivity contribution >= 4 is 29.1 Å². The van der Waals surface area contributed by atoms with Crippen LogP contribution in [0.3, 0.4) is 0 Å². The Morgan fingerprint density at radius 1 is 1.11 bits per heavy atom. The van der Waals surface area contributed by atoms with E-state index in [-0.39, 0.29) is 40.6 Å². The molecule has 1 aliphatic heterocycles. The molecule has 1 aliphatic rings. The van der Waals surface area contributed by atoms with E-state index < -0.39 is 34.9 Å². The second-order valence-corrected chi connectivity index (χ2v) is 12.4. The fourth-order valence-corrected chi connectivity index (χ4v) is 5.30. The Bertz CT molecular complexity index is 1700. The van der Waals surface area contributed by atoms with Crippen LogP contribution in [0.25, 0.3) is 11.3 Å². The molecule has 0 spiro atoms. The van der Waals surface area contributed by atoms with E-state index in [1.165, 1.54) is 6.20 Å². The van der Waals surface area contributed by atoms with Gasteiger partial charge in [0.2, 0.25) is 5.95 Å². The molecule has 4 heterocycles. The molecule has 1 amide bonds. The van der Waals surface area contributed by atoms with Crippen molar-refractivity contribution in [1.29, 1.82) is 0 Å². The highest BCUT2D eigenvalue weighted by Crippen LogP contribution is 2.35. The Labute approximate surface area is 269 Å². The quantitative estimate of drug-likeness (QED) is 0.193. The van der Waals surface area contributed by atoms with E-state index >= 15 is 0 Å². The number of anilines is 2. The minimum absolute atomic E-state index is 0.0874. The van der Waals surface area contributed by atoms with Gasteiger partial charge in [-0.05, 0) is 47.1 Å². The molecule has 1 aromatic carbocycles. The molecule has 0 radical (unpaired) electrons. The van der Waals surface area contributed by atoms with E-state index in [1.807, 2.05) is 13.8 Å². The van der Waals surface area contributed by atoms with Gasteiger partial charge in [-0.3, -0.25) is 14.5 Å². The molecule has 244 valence electrons. The average Bonchev–Trinajstić information content (AvgIpc) is 3.45. The summed E-state index contributed by atoms with van der Waals surface area (Å²) in [5, 5.41) is 20.4. The van der Waals surface area contributed by atoms with Crippen LogP contribution < -0.4 is 15.5 Å². The molecular weight excluding hydrogens is 623 g/mol. The van der Waals surface area contributed by atoms with Crippen LogP contribution in [0.2, 0.25) is 5.02 Å². The van der Waals surface area contributed by atoms with E-state index in [9.17, 15) is 23.1 Å². The standard InChI is InChI=1S/C31H35ClF3N9O2/c1-16(40-18(3)31(4,5)46)25-8-9-43(25)30-37-10-19(11-38-30)17(2)44-15-20(12-39-44)41-29(45)24-14-36-13-23(42-24)26-21(28(34)35)6-7-22(32)27(26)33/h6-7,10-18,25,28,40,46H,8-9H2,1-5H3,(H,41,45)/t16?,17?,18-,25+/m1/s1. The first-order valence-corrected chi connectivity index (χ1v) is 15.1. The van der Waals surface area contributed by atoms with Crippen molar-refractivity contribution in [2.45, 2.75) is 77.2 Å². The molecule has 11 nitrogen and oxygen atoms in total. The number of hydrogen-bond acceptors (Lipinski definition) is 9. The first kappa shape index (κ1) is 33.2. The molecule has 2 unspecified atom stereocenters. The summed E-state index contributed by atoms with van der Waals surface area (Å²) in [6.07, 6.45) is 6.75. The molecule has 0 saturated carbocycles. The minimum Gasteiger partial charge on any atom is -0.389 e. The summed E-state index contributed by atoms with van der Waals surface area (Å²) in [6.45, 7) is 10.4. The van der Waals surface area contributed by atoms with Crippen LogP contribution in [0, 0.1) is 5.82 Å². The number of aromatic nitrogens is 6. The summed E-state index contributed by atoms with van der Waals surface area (Å²) in [4.78, 5) is 32.3. The molecular formula is C31H35ClF3N9O2. The minimum atomic E-state index is -3.00. The zero-order chi connectivity index (χ0) is 33.3. The van der Waals surface area contributed by atoms with E-state index in [4.69, 9.17) is 11.6 Å². The van der Waals surface area contributed by atoms with Gasteiger partial charge in [0, 0.05) is 60.0 Å². The Kier molecular flexibility index (Phi) is 9.61. The van der Waals surface area contributed by atoms with Gasteiger partial charge in [-0.2, -0.15) is 5.10 Å². The molecule has 3 aromatic heterocycles. The molecule has 5 rings (SSSR count). The Balaban J connectivity index is 1.24. The molecule has 15 heteroatoms. The summed E-state index contributed by atoms with van der Waals surface area (Å²) in [6, 6.07) is 2.00. The largest absolute Gasteiger partial charge is 0.389 e. The maximum absolute atomic E-state index is 14.7. The van der Waals surface area contributed by atoms with Crippen LogP contribution in [0.1, 0.15) is 75.1 Å². The van der Waals surface area contributed by atoms with Crippen molar-refractivity contribution in [3.05, 3.63) is 77.0 Å². The smallest absolute Gasteiger partial charge is 0.275 e. The number of benzene rings is 1. The Morgan fingerprint density at radius 2 is 1.83 bits per heavy atom. The SMILES string of the molecule is CC(N[C@H](C)C(C)(C)O)[C@@H]1CCN1c1ncc(C(C)n2cc(NC(=O)c3cncc(-c4c(C(F)F)ccc(Cl)c4F)n3)cn2)cn1. The molecule has 1 fully saturated rings. The maximum atomic E-state index is 14.7. The monoisotopic (exact) mass is 657 g/mol. The molecule has 0 aliphatic carbocycles. The number of hydrogen-bond donors (Lipinski definition) is 3. The Hall–Kier alpha value is -4.14. The summed E-state index contributed by atoms with van der Waals surface area (Å²) < 4.78 is 43.5. The number of aliphatic hydroxyl groups is 1. The van der Waals surface area contributed by atoms with Gasteiger partial charge < -0.3 is 20.6 Å². The summed E-state index contributed by atoms with van der Waals surface area (Å²) >= 11 is 5.82. The van der Waals surface area contributed by atoms with Gasteiger partial charge >= 0.3 is 0 Å². The fourth-order valence-electron chi connectivity index (χ4n) is 5.15. The third-order valence-electron chi connectivity index (χ3n) is 8.35. The van der Waals surface area contributed by atoms with Crippen LogP contribution >= 0.6 is 11.6 Å². The predicted molar refractivity (Wildman–Crippen MR) is 168 cm³/mol. The first-order valence-electron chi connectivity index (χ1n) is 14.8. The van der Waals surface area contributed by atoms with Crippen LogP contribution in [-0.4, -0.2) is 71.0 Å². The van der Waals surface area contributed by atoms with Crippen molar-refractivity contribution < 1.29 is 23.1 Å². The molecule has 46 heavy (non-hydrogen) atoms. The molecule has 0 bridgehead atoms. The number of alkyl halides is 2. The highest BCUT2D eigenvalue weighted by Gasteiger charge is 2.36. The Morgan fingerprint density at radius 3 is 2.46 bits per heavy atom. The number of halogens is 4. The zero-order valence-corrected chi connectivity index (χ0v) is 26.7. The molecule has 3 N–H and O–H groups in total. The third kappa shape index (κ3) is 6.98. The van der Waals surface area contributed by atoms with Crippen LogP contribution in [0.15, 0.2) is 49.3 Å². The second kappa shape index (κ2) is 13.3. The van der Waals surface area contributed by atoms with Crippen molar-refractivity contribution in [3.8, 4) is 11.3 Å². The zero-order valence-electron chi connectivity index (χ0n) is 25.9. The maximum Gasteiger partial charge on any atom is 0.275 e. The fraction of sp³-hybridized carbons (Fsp3) is 0.419. The van der Waals surface area contributed by atoms with E-state index in [2.05, 4.69) is 47.5 Å². The lowest BCUT2D eigenvalue weighted by Crippen LogP contribution is -2.61. The van der Waals surface area contributed by atoms with Crippen LogP contribution in [-0.2, 0) is 0 Å². The first-order chi connectivity index (χ1) is 21.7. The lowest BCUT2D eigenvalue weighted by molar-refractivity contribution is 0.0381. The molecule has 4 atom stereocenters. The van der Waals surface area contributed by atoms with Crippen molar-refractivity contribution in [2.24, 2.45) is 0 Å². The average molecular weight is 658 g/mol. The van der Waals surface area contributed by atoms with Gasteiger partial charge in [-0.25, -0.2) is 28.1 Å². The van der Waals surface area contributed by atoms with Crippen LogP contribution in [0.4, 0.5) is 24.8 Å². The number of carbonyl (C=O) groups excluding carboxylic acids is 1. The van der Waals surface area contributed by atoms with Gasteiger partial charge in [0.1, 0.15) is 5.69 Å².